The molecule has 1 amide bonds. The summed E-state index contributed by atoms with van der Waals surface area (Å²) in [5.41, 5.74) is 2.32. The van der Waals surface area contributed by atoms with E-state index in [-0.39, 0.29) is 11.9 Å². The molecule has 2 heterocycles. The average Bonchev–Trinajstić information content (AvgIpc) is 3.06. The summed E-state index contributed by atoms with van der Waals surface area (Å²) in [6.07, 6.45) is 1.27. The van der Waals surface area contributed by atoms with Crippen LogP contribution in [0.15, 0.2) is 60.7 Å². The first-order chi connectivity index (χ1) is 14.2. The monoisotopic (exact) mass is 389 g/mol. The summed E-state index contributed by atoms with van der Waals surface area (Å²) in [4.78, 5) is 21.9. The Balaban J connectivity index is 1.50. The molecule has 6 nitrogen and oxygen atoms in total. The predicted octanol–water partition coefficient (Wildman–Crippen LogP) is 3.13. The van der Waals surface area contributed by atoms with Crippen LogP contribution in [0.2, 0.25) is 0 Å². The van der Waals surface area contributed by atoms with Crippen molar-refractivity contribution < 1.29 is 4.79 Å². The number of aromatic amines is 1. The van der Waals surface area contributed by atoms with Crippen molar-refractivity contribution >= 4 is 5.91 Å². The van der Waals surface area contributed by atoms with Crippen molar-refractivity contribution in [1.82, 2.24) is 25.0 Å². The van der Waals surface area contributed by atoms with Crippen LogP contribution in [0, 0.1) is 6.92 Å². The number of benzene rings is 2. The molecule has 2 aromatic carbocycles. The van der Waals surface area contributed by atoms with E-state index in [1.165, 1.54) is 5.56 Å². The highest BCUT2D eigenvalue weighted by Gasteiger charge is 2.29. The summed E-state index contributed by atoms with van der Waals surface area (Å²) in [7, 11) is 0. The van der Waals surface area contributed by atoms with Gasteiger partial charge in [0.2, 0.25) is 5.91 Å². The molecule has 1 fully saturated rings. The number of rotatable bonds is 5. The number of aromatic nitrogens is 3. The molecule has 0 bridgehead atoms. The van der Waals surface area contributed by atoms with Crippen molar-refractivity contribution in [2.45, 2.75) is 32.4 Å². The maximum Gasteiger partial charge on any atom is 0.227 e. The lowest BCUT2D eigenvalue weighted by atomic mass is 10.1. The van der Waals surface area contributed by atoms with Crippen molar-refractivity contribution in [1.29, 1.82) is 0 Å². The van der Waals surface area contributed by atoms with Gasteiger partial charge in [0.25, 0.3) is 0 Å². The molecule has 29 heavy (non-hydrogen) atoms. The molecule has 1 unspecified atom stereocenters. The minimum atomic E-state index is 0.0923. The summed E-state index contributed by atoms with van der Waals surface area (Å²) in [6.45, 7) is 4.98. The van der Waals surface area contributed by atoms with Gasteiger partial charge in [0.05, 0.1) is 12.5 Å². The van der Waals surface area contributed by atoms with E-state index in [4.69, 9.17) is 0 Å². The highest BCUT2D eigenvalue weighted by atomic mass is 16.2. The molecule has 0 saturated carbocycles. The summed E-state index contributed by atoms with van der Waals surface area (Å²) in [6, 6.07) is 20.5. The molecule has 1 aromatic heterocycles. The quantitative estimate of drug-likeness (QED) is 0.728. The van der Waals surface area contributed by atoms with Gasteiger partial charge in [-0.2, -0.15) is 5.10 Å². The van der Waals surface area contributed by atoms with E-state index in [0.29, 0.717) is 6.42 Å². The number of nitrogens with one attached hydrogen (secondary N) is 1. The molecule has 1 saturated heterocycles. The molecule has 1 atom stereocenters. The van der Waals surface area contributed by atoms with Crippen molar-refractivity contribution in [3.8, 4) is 0 Å². The maximum atomic E-state index is 12.9. The summed E-state index contributed by atoms with van der Waals surface area (Å²) >= 11 is 0. The van der Waals surface area contributed by atoms with Crippen molar-refractivity contribution in [2.24, 2.45) is 0 Å². The zero-order valence-electron chi connectivity index (χ0n) is 16.8. The number of aryl methyl sites for hydroxylation is 1. The predicted molar refractivity (Wildman–Crippen MR) is 112 cm³/mol. The van der Waals surface area contributed by atoms with Crippen LogP contribution in [0.4, 0.5) is 0 Å². The van der Waals surface area contributed by atoms with E-state index < -0.39 is 0 Å². The van der Waals surface area contributed by atoms with Crippen LogP contribution in [0.3, 0.4) is 0 Å². The fourth-order valence-corrected chi connectivity index (χ4v) is 3.92. The summed E-state index contributed by atoms with van der Waals surface area (Å²) < 4.78 is 0. The van der Waals surface area contributed by atoms with Crippen molar-refractivity contribution in [2.75, 3.05) is 19.6 Å². The molecule has 0 spiro atoms. The van der Waals surface area contributed by atoms with Gasteiger partial charge in [-0.05, 0) is 24.5 Å². The number of nitrogens with zero attached hydrogens (tertiary/aromatic N) is 4. The first-order valence-corrected chi connectivity index (χ1v) is 10.2. The van der Waals surface area contributed by atoms with Crippen LogP contribution in [0.1, 0.15) is 35.2 Å². The third-order valence-electron chi connectivity index (χ3n) is 5.46. The largest absolute Gasteiger partial charge is 0.341 e. The fraction of sp³-hybridized carbons (Fsp3) is 0.348. The molecule has 3 aromatic rings. The van der Waals surface area contributed by atoms with Crippen molar-refractivity contribution in [3.63, 3.8) is 0 Å². The van der Waals surface area contributed by atoms with Crippen LogP contribution in [-0.2, 0) is 17.8 Å². The Hall–Kier alpha value is -2.99. The van der Waals surface area contributed by atoms with Crippen LogP contribution >= 0.6 is 0 Å². The molecule has 0 aliphatic carbocycles. The van der Waals surface area contributed by atoms with Crippen LogP contribution in [-0.4, -0.2) is 50.5 Å². The SMILES string of the molecule is Cc1nc(C2CCN(C(=O)Cc3ccccc3)CCN2Cc2ccccc2)n[nH]1. The van der Waals surface area contributed by atoms with Gasteiger partial charge in [-0.1, -0.05) is 60.7 Å². The van der Waals surface area contributed by atoms with Gasteiger partial charge in [-0.15, -0.1) is 0 Å². The Morgan fingerprint density at radius 3 is 2.34 bits per heavy atom. The molecule has 150 valence electrons. The highest BCUT2D eigenvalue weighted by Crippen LogP contribution is 2.26. The van der Waals surface area contributed by atoms with E-state index in [0.717, 1.165) is 49.8 Å². The molecular formula is C23H27N5O. The first-order valence-electron chi connectivity index (χ1n) is 10.2. The molecule has 1 N–H and O–H groups in total. The lowest BCUT2D eigenvalue weighted by Crippen LogP contribution is -2.36. The third-order valence-corrected chi connectivity index (χ3v) is 5.46. The molecule has 6 heteroatoms. The maximum absolute atomic E-state index is 12.9. The average molecular weight is 390 g/mol. The number of H-pyrrole nitrogens is 1. The van der Waals surface area contributed by atoms with Gasteiger partial charge < -0.3 is 4.90 Å². The number of hydrogen-bond acceptors (Lipinski definition) is 4. The van der Waals surface area contributed by atoms with E-state index in [2.05, 4.69) is 44.3 Å². The van der Waals surface area contributed by atoms with Gasteiger partial charge in [0, 0.05) is 26.2 Å². The number of hydrogen-bond donors (Lipinski definition) is 1. The molecule has 1 aliphatic rings. The molecular weight excluding hydrogens is 362 g/mol. The van der Waals surface area contributed by atoms with Crippen LogP contribution in [0.25, 0.3) is 0 Å². The van der Waals surface area contributed by atoms with Gasteiger partial charge in [-0.3, -0.25) is 14.8 Å². The van der Waals surface area contributed by atoms with Crippen molar-refractivity contribution in [3.05, 3.63) is 83.4 Å². The van der Waals surface area contributed by atoms with Crippen LogP contribution < -0.4 is 0 Å². The zero-order chi connectivity index (χ0) is 20.1. The van der Waals surface area contributed by atoms with E-state index in [9.17, 15) is 4.79 Å². The van der Waals surface area contributed by atoms with Gasteiger partial charge in [-0.25, -0.2) is 4.98 Å². The number of carbonyl (C=O) groups is 1. The van der Waals surface area contributed by atoms with Gasteiger partial charge >= 0.3 is 0 Å². The van der Waals surface area contributed by atoms with E-state index in [1.54, 1.807) is 0 Å². The second-order valence-corrected chi connectivity index (χ2v) is 7.58. The minimum Gasteiger partial charge on any atom is -0.341 e. The van der Waals surface area contributed by atoms with Crippen LogP contribution in [0.5, 0.6) is 0 Å². The summed E-state index contributed by atoms with van der Waals surface area (Å²) in [5.74, 6) is 1.82. The lowest BCUT2D eigenvalue weighted by molar-refractivity contribution is -0.130. The lowest BCUT2D eigenvalue weighted by Gasteiger charge is -2.27. The Morgan fingerprint density at radius 1 is 1.00 bits per heavy atom. The van der Waals surface area contributed by atoms with Gasteiger partial charge in [0.15, 0.2) is 5.82 Å². The molecule has 0 radical (unpaired) electrons. The second-order valence-electron chi connectivity index (χ2n) is 7.58. The van der Waals surface area contributed by atoms with E-state index in [1.807, 2.05) is 48.2 Å². The number of carbonyl (C=O) groups excluding carboxylic acids is 1. The summed E-state index contributed by atoms with van der Waals surface area (Å²) in [5, 5.41) is 7.40. The third kappa shape index (κ3) is 4.90. The molecule has 1 aliphatic heterocycles. The minimum absolute atomic E-state index is 0.0923. The van der Waals surface area contributed by atoms with Gasteiger partial charge in [0.1, 0.15) is 5.82 Å². The Bertz CT molecular complexity index is 925. The van der Waals surface area contributed by atoms with E-state index >= 15 is 0 Å². The zero-order valence-corrected chi connectivity index (χ0v) is 16.8. The first kappa shape index (κ1) is 19.3. The Kier molecular flexibility index (Phi) is 6.00. The standard InChI is InChI=1S/C23H27N5O/c1-18-24-23(26-25-18)21-12-13-27(22(29)16-19-8-4-2-5-9-19)14-15-28(21)17-20-10-6-3-7-11-20/h2-11,21H,12-17H2,1H3,(H,24,25,26). The smallest absolute Gasteiger partial charge is 0.227 e. The number of amides is 1. The molecule has 4 rings (SSSR count). The Labute approximate surface area is 171 Å². The normalized spacial score (nSPS) is 17.8. The topological polar surface area (TPSA) is 65.1 Å². The highest BCUT2D eigenvalue weighted by molar-refractivity contribution is 5.78. The fourth-order valence-electron chi connectivity index (χ4n) is 3.92. The Morgan fingerprint density at radius 2 is 1.69 bits per heavy atom. The second kappa shape index (κ2) is 9.01.